The third-order valence-corrected chi connectivity index (χ3v) is 2.52. The molecule has 2 heterocycles. The van der Waals surface area contributed by atoms with Gasteiger partial charge in [-0.2, -0.15) is 0 Å². The Bertz CT molecular complexity index is 474. The Morgan fingerprint density at radius 3 is 2.71 bits per heavy atom. The van der Waals surface area contributed by atoms with Crippen LogP contribution in [0, 0.1) is 6.26 Å². The van der Waals surface area contributed by atoms with Crippen LogP contribution in [-0.4, -0.2) is 16.8 Å². The van der Waals surface area contributed by atoms with Crippen molar-refractivity contribution in [2.75, 3.05) is 6.61 Å². The molecule has 0 aliphatic heterocycles. The molecule has 2 rings (SSSR count). The van der Waals surface area contributed by atoms with Gasteiger partial charge in [-0.15, -0.1) is 0 Å². The minimum absolute atomic E-state index is 0.0274. The van der Waals surface area contributed by atoms with Crippen LogP contribution in [0.3, 0.4) is 0 Å². The van der Waals surface area contributed by atoms with Crippen molar-refractivity contribution in [3.05, 3.63) is 36.0 Å². The van der Waals surface area contributed by atoms with Crippen molar-refractivity contribution in [3.8, 4) is 11.3 Å². The highest BCUT2D eigenvalue weighted by molar-refractivity contribution is 5.65. The molecule has 4 heteroatoms. The Balaban J connectivity index is 2.55. The van der Waals surface area contributed by atoms with E-state index in [1.54, 1.807) is 32.2 Å². The number of hydrogen-bond donors (Lipinski definition) is 2. The van der Waals surface area contributed by atoms with Crippen LogP contribution >= 0.6 is 0 Å². The fourth-order valence-electron chi connectivity index (χ4n) is 1.74. The number of rotatable bonds is 4. The van der Waals surface area contributed by atoms with Crippen molar-refractivity contribution < 1.29 is 19.0 Å². The number of furan rings is 2. The molecule has 2 aromatic heterocycles. The quantitative estimate of drug-likeness (QED) is 0.851. The number of aliphatic hydroxyl groups excluding tert-OH is 1. The molecule has 2 aromatic rings. The summed E-state index contributed by atoms with van der Waals surface area (Å²) in [7, 11) is 0. The van der Waals surface area contributed by atoms with Gasteiger partial charge in [-0.25, -0.2) is 0 Å². The van der Waals surface area contributed by atoms with E-state index in [1.165, 1.54) is 0 Å². The SMILES string of the molecule is CC(C)(O)c1[c]oc(CCO)c1-c1ccco1. The van der Waals surface area contributed by atoms with Crippen molar-refractivity contribution in [1.29, 1.82) is 0 Å². The van der Waals surface area contributed by atoms with Gasteiger partial charge in [-0.1, -0.05) is 0 Å². The molecule has 1 radical (unpaired) electrons. The van der Waals surface area contributed by atoms with Crippen LogP contribution in [0.1, 0.15) is 25.2 Å². The highest BCUT2D eigenvalue weighted by Gasteiger charge is 2.28. The van der Waals surface area contributed by atoms with Gasteiger partial charge >= 0.3 is 0 Å². The van der Waals surface area contributed by atoms with E-state index in [-0.39, 0.29) is 6.61 Å². The van der Waals surface area contributed by atoms with E-state index in [0.717, 1.165) is 0 Å². The van der Waals surface area contributed by atoms with E-state index in [9.17, 15) is 5.11 Å². The van der Waals surface area contributed by atoms with Crippen molar-refractivity contribution in [1.82, 2.24) is 0 Å². The zero-order chi connectivity index (χ0) is 12.5. The summed E-state index contributed by atoms with van der Waals surface area (Å²) in [5.41, 5.74) is 0.145. The van der Waals surface area contributed by atoms with Gasteiger partial charge in [-0.3, -0.25) is 0 Å². The predicted molar refractivity (Wildman–Crippen MR) is 61.3 cm³/mol. The normalized spacial score (nSPS) is 12.0. The zero-order valence-corrected chi connectivity index (χ0v) is 9.86. The second-order valence-corrected chi connectivity index (χ2v) is 4.39. The van der Waals surface area contributed by atoms with Crippen LogP contribution < -0.4 is 0 Å². The smallest absolute Gasteiger partial charge is 0.176 e. The first-order chi connectivity index (χ1) is 8.04. The molecule has 0 saturated carbocycles. The van der Waals surface area contributed by atoms with Crippen molar-refractivity contribution >= 4 is 0 Å². The maximum Gasteiger partial charge on any atom is 0.176 e. The van der Waals surface area contributed by atoms with Gasteiger partial charge < -0.3 is 19.0 Å². The van der Waals surface area contributed by atoms with Crippen LogP contribution in [0.2, 0.25) is 0 Å². The molecule has 0 amide bonds. The Hall–Kier alpha value is -1.52. The number of aliphatic hydroxyl groups is 2. The molecule has 0 atom stereocenters. The van der Waals surface area contributed by atoms with Crippen molar-refractivity contribution in [2.45, 2.75) is 25.9 Å². The second-order valence-electron chi connectivity index (χ2n) is 4.39. The molecule has 0 unspecified atom stereocenters. The fourth-order valence-corrected chi connectivity index (χ4v) is 1.74. The van der Waals surface area contributed by atoms with Crippen molar-refractivity contribution in [2.24, 2.45) is 0 Å². The van der Waals surface area contributed by atoms with Crippen LogP contribution in [0.4, 0.5) is 0 Å². The maximum atomic E-state index is 10.1. The van der Waals surface area contributed by atoms with Crippen LogP contribution in [0.5, 0.6) is 0 Å². The first-order valence-corrected chi connectivity index (χ1v) is 5.45. The Labute approximate surface area is 99.5 Å². The molecule has 0 saturated heterocycles. The predicted octanol–water partition coefficient (Wildman–Crippen LogP) is 2.10. The maximum absolute atomic E-state index is 10.1. The summed E-state index contributed by atoms with van der Waals surface area (Å²) in [5, 5.41) is 19.0. The Kier molecular flexibility index (Phi) is 3.09. The second kappa shape index (κ2) is 4.39. The molecule has 0 aliphatic rings. The van der Waals surface area contributed by atoms with E-state index in [1.807, 2.05) is 0 Å². The van der Waals surface area contributed by atoms with Gasteiger partial charge in [0.15, 0.2) is 6.26 Å². The molecule has 0 aliphatic carbocycles. The summed E-state index contributed by atoms with van der Waals surface area (Å²) < 4.78 is 10.6. The summed E-state index contributed by atoms with van der Waals surface area (Å²) in [6.45, 7) is 3.29. The Morgan fingerprint density at radius 1 is 1.41 bits per heavy atom. The number of hydrogen-bond acceptors (Lipinski definition) is 4. The standard InChI is InChI=1S/C13H15O4/c1-13(2,15)9-8-17-11(5-6-14)12(9)10-4-3-7-16-10/h3-4,7,14-15H,5-6H2,1-2H3. The van der Waals surface area contributed by atoms with E-state index in [2.05, 4.69) is 6.26 Å². The minimum Gasteiger partial charge on any atom is -0.464 e. The van der Waals surface area contributed by atoms with Gasteiger partial charge in [0.1, 0.15) is 11.5 Å². The first kappa shape index (κ1) is 12.0. The van der Waals surface area contributed by atoms with E-state index >= 15 is 0 Å². The minimum atomic E-state index is -1.07. The van der Waals surface area contributed by atoms with Crippen LogP contribution in [-0.2, 0) is 12.0 Å². The highest BCUT2D eigenvalue weighted by Crippen LogP contribution is 2.36. The molecule has 2 N–H and O–H groups in total. The molecule has 91 valence electrons. The molecular formula is C13H15O4. The molecule has 0 bridgehead atoms. The van der Waals surface area contributed by atoms with Gasteiger partial charge in [-0.05, 0) is 26.0 Å². The lowest BCUT2D eigenvalue weighted by Gasteiger charge is -2.16. The third-order valence-electron chi connectivity index (χ3n) is 2.52. The molecular weight excluding hydrogens is 220 g/mol. The lowest BCUT2D eigenvalue weighted by atomic mass is 9.94. The van der Waals surface area contributed by atoms with Crippen LogP contribution in [0.25, 0.3) is 11.3 Å². The van der Waals surface area contributed by atoms with E-state index in [4.69, 9.17) is 13.9 Å². The summed E-state index contributed by atoms with van der Waals surface area (Å²) in [5.74, 6) is 1.18. The topological polar surface area (TPSA) is 66.7 Å². The van der Waals surface area contributed by atoms with Gasteiger partial charge in [0.05, 0.1) is 24.0 Å². The molecule has 0 aromatic carbocycles. The summed E-state index contributed by atoms with van der Waals surface area (Å²) in [4.78, 5) is 0. The van der Waals surface area contributed by atoms with Crippen molar-refractivity contribution in [3.63, 3.8) is 0 Å². The lowest BCUT2D eigenvalue weighted by Crippen LogP contribution is -2.15. The first-order valence-electron chi connectivity index (χ1n) is 5.45. The fraction of sp³-hybridized carbons (Fsp3) is 0.385. The van der Waals surface area contributed by atoms with Gasteiger partial charge in [0, 0.05) is 12.0 Å². The van der Waals surface area contributed by atoms with Gasteiger partial charge in [0.25, 0.3) is 0 Å². The molecule has 0 spiro atoms. The summed E-state index contributed by atoms with van der Waals surface area (Å²) in [6, 6.07) is 3.55. The lowest BCUT2D eigenvalue weighted by molar-refractivity contribution is 0.0779. The molecule has 4 nitrogen and oxygen atoms in total. The summed E-state index contributed by atoms with van der Waals surface area (Å²) in [6.07, 6.45) is 4.61. The average molecular weight is 235 g/mol. The molecule has 0 fully saturated rings. The van der Waals surface area contributed by atoms with Gasteiger partial charge in [0.2, 0.25) is 0 Å². The Morgan fingerprint density at radius 2 is 2.18 bits per heavy atom. The summed E-state index contributed by atoms with van der Waals surface area (Å²) >= 11 is 0. The largest absolute Gasteiger partial charge is 0.464 e. The third kappa shape index (κ3) is 2.28. The van der Waals surface area contributed by atoms with Crippen LogP contribution in [0.15, 0.2) is 27.2 Å². The average Bonchev–Trinajstić information content (AvgIpc) is 2.82. The zero-order valence-electron chi connectivity index (χ0n) is 9.86. The van der Waals surface area contributed by atoms with E-state index < -0.39 is 5.60 Å². The molecule has 17 heavy (non-hydrogen) atoms. The van der Waals surface area contributed by atoms with E-state index in [0.29, 0.717) is 29.1 Å². The highest BCUT2D eigenvalue weighted by atomic mass is 16.3. The monoisotopic (exact) mass is 235 g/mol.